The number of allylic oxidation sites excluding steroid dienone is 2. The molecule has 0 aliphatic carbocycles. The molecule has 0 amide bonds. The Morgan fingerprint density at radius 2 is 1.44 bits per heavy atom. The molecule has 4 aromatic rings. The molecule has 9 nitrogen and oxygen atoms in total. The quantitative estimate of drug-likeness (QED) is 0.183. The highest BCUT2D eigenvalue weighted by atomic mass is 16.5. The molecule has 1 aromatic heterocycles. The first kappa shape index (κ1) is 27.0. The maximum atomic E-state index is 13.6. The van der Waals surface area contributed by atoms with E-state index in [0.29, 0.717) is 34.0 Å². The van der Waals surface area contributed by atoms with Gasteiger partial charge in [0.25, 0.3) is 5.91 Å². The highest BCUT2D eigenvalue weighted by Crippen LogP contribution is 2.32. The number of ether oxygens (including phenoxy) is 2. The molecule has 0 radical (unpaired) electrons. The van der Waals surface area contributed by atoms with Crippen molar-refractivity contribution in [1.82, 2.24) is 4.57 Å². The fourth-order valence-electron chi connectivity index (χ4n) is 4.32. The Kier molecular flexibility index (Phi) is 8.02. The van der Waals surface area contributed by atoms with E-state index in [-0.39, 0.29) is 41.0 Å². The SMILES string of the molecule is COc1cc(C=CC(=O)c2c(CCN)c3cc(O)ccc3n2C(=O)C=Cc2ccc(O)c(OC)c2)ccc1O. The van der Waals surface area contributed by atoms with Crippen molar-refractivity contribution in [1.29, 1.82) is 0 Å². The first-order chi connectivity index (χ1) is 18.8. The smallest absolute Gasteiger partial charge is 0.255 e. The number of rotatable bonds is 9. The number of aromatic hydroxyl groups is 3. The van der Waals surface area contributed by atoms with Crippen LogP contribution in [0.5, 0.6) is 28.7 Å². The minimum Gasteiger partial charge on any atom is -0.508 e. The Bertz CT molecular complexity index is 1620. The van der Waals surface area contributed by atoms with Gasteiger partial charge in [0.05, 0.1) is 19.7 Å². The molecular formula is C30H28N2O7. The highest BCUT2D eigenvalue weighted by molar-refractivity contribution is 6.15. The van der Waals surface area contributed by atoms with Gasteiger partial charge in [-0.3, -0.25) is 14.2 Å². The number of phenolic OH excluding ortho intramolecular Hbond substituents is 3. The van der Waals surface area contributed by atoms with E-state index in [1.165, 1.54) is 55.2 Å². The molecule has 9 heteroatoms. The standard InChI is InChI=1S/C30H28N2O7/c1-38-27-15-18(3-9-24(27)34)5-11-26(36)30-21(13-14-31)22-17-20(33)7-8-23(22)32(30)29(37)12-6-19-4-10-25(35)28(16-19)39-2/h3-12,15-17,33-35H,13-14,31H2,1-2H3. The van der Waals surface area contributed by atoms with E-state index in [0.717, 1.165) is 0 Å². The number of hydrogen-bond donors (Lipinski definition) is 4. The maximum Gasteiger partial charge on any atom is 0.255 e. The summed E-state index contributed by atoms with van der Waals surface area (Å²) in [5, 5.41) is 30.4. The van der Waals surface area contributed by atoms with Crippen molar-refractivity contribution >= 4 is 34.7 Å². The van der Waals surface area contributed by atoms with E-state index in [4.69, 9.17) is 15.2 Å². The van der Waals surface area contributed by atoms with Gasteiger partial charge in [-0.15, -0.1) is 0 Å². The Labute approximate surface area is 224 Å². The predicted molar refractivity (Wildman–Crippen MR) is 149 cm³/mol. The number of aromatic nitrogens is 1. The molecule has 0 unspecified atom stereocenters. The average Bonchev–Trinajstić information content (AvgIpc) is 3.25. The normalized spacial score (nSPS) is 11.5. The van der Waals surface area contributed by atoms with Crippen LogP contribution in [0.15, 0.2) is 66.7 Å². The number of methoxy groups -OCH3 is 2. The van der Waals surface area contributed by atoms with E-state index < -0.39 is 11.7 Å². The van der Waals surface area contributed by atoms with E-state index in [1.807, 2.05) is 0 Å². The number of hydrogen-bond acceptors (Lipinski definition) is 8. The molecule has 0 spiro atoms. The number of benzene rings is 3. The zero-order valence-corrected chi connectivity index (χ0v) is 21.4. The second kappa shape index (κ2) is 11.6. The van der Waals surface area contributed by atoms with Gasteiger partial charge in [-0.2, -0.15) is 0 Å². The minimum absolute atomic E-state index is 0.0113. The van der Waals surface area contributed by atoms with E-state index in [1.54, 1.807) is 42.5 Å². The van der Waals surface area contributed by atoms with Gasteiger partial charge in [-0.05, 0) is 84.3 Å². The van der Waals surface area contributed by atoms with Crippen LogP contribution in [0.2, 0.25) is 0 Å². The lowest BCUT2D eigenvalue weighted by Crippen LogP contribution is -2.16. The van der Waals surface area contributed by atoms with Gasteiger partial charge < -0.3 is 30.5 Å². The lowest BCUT2D eigenvalue weighted by atomic mass is 10.0. The third kappa shape index (κ3) is 5.63. The van der Waals surface area contributed by atoms with E-state index in [9.17, 15) is 24.9 Å². The van der Waals surface area contributed by atoms with Crippen molar-refractivity contribution in [3.05, 3.63) is 89.1 Å². The van der Waals surface area contributed by atoms with Crippen LogP contribution in [0.25, 0.3) is 23.1 Å². The largest absolute Gasteiger partial charge is 0.508 e. The molecule has 3 aromatic carbocycles. The zero-order chi connectivity index (χ0) is 28.1. The summed E-state index contributed by atoms with van der Waals surface area (Å²) in [5.74, 6) is -0.516. The number of carbonyl (C=O) groups excluding carboxylic acids is 2. The number of nitrogens with zero attached hydrogens (tertiary/aromatic N) is 1. The minimum atomic E-state index is -0.496. The van der Waals surface area contributed by atoms with Crippen LogP contribution >= 0.6 is 0 Å². The lowest BCUT2D eigenvalue weighted by Gasteiger charge is -2.07. The first-order valence-corrected chi connectivity index (χ1v) is 12.0. The third-order valence-corrected chi connectivity index (χ3v) is 6.16. The maximum absolute atomic E-state index is 13.6. The average molecular weight is 529 g/mol. The van der Waals surface area contributed by atoms with Crippen molar-refractivity contribution in [3.63, 3.8) is 0 Å². The molecule has 0 bridgehead atoms. The Balaban J connectivity index is 1.81. The fourth-order valence-corrected chi connectivity index (χ4v) is 4.32. The van der Waals surface area contributed by atoms with E-state index in [2.05, 4.69) is 0 Å². The summed E-state index contributed by atoms with van der Waals surface area (Å²) >= 11 is 0. The molecule has 39 heavy (non-hydrogen) atoms. The summed E-state index contributed by atoms with van der Waals surface area (Å²) in [6.45, 7) is 0.214. The Morgan fingerprint density at radius 3 is 2.00 bits per heavy atom. The first-order valence-electron chi connectivity index (χ1n) is 12.0. The monoisotopic (exact) mass is 528 g/mol. The van der Waals surface area contributed by atoms with Gasteiger partial charge in [0.15, 0.2) is 23.0 Å². The van der Waals surface area contributed by atoms with Crippen LogP contribution < -0.4 is 15.2 Å². The third-order valence-electron chi connectivity index (χ3n) is 6.16. The second-order valence-electron chi connectivity index (χ2n) is 8.63. The molecule has 0 aliphatic rings. The lowest BCUT2D eigenvalue weighted by molar-refractivity contribution is 0.0947. The molecule has 0 saturated heterocycles. The topological polar surface area (TPSA) is 144 Å². The summed E-state index contributed by atoms with van der Waals surface area (Å²) in [5.41, 5.74) is 8.17. The summed E-state index contributed by atoms with van der Waals surface area (Å²) in [4.78, 5) is 27.2. The number of phenols is 3. The molecule has 0 aliphatic heterocycles. The van der Waals surface area contributed by atoms with Gasteiger partial charge in [0.2, 0.25) is 5.78 Å². The molecule has 0 saturated carbocycles. The summed E-state index contributed by atoms with van der Waals surface area (Å²) in [6, 6.07) is 13.8. The van der Waals surface area contributed by atoms with Gasteiger partial charge in [0, 0.05) is 11.5 Å². The summed E-state index contributed by atoms with van der Waals surface area (Å²) in [6.07, 6.45) is 6.04. The van der Waals surface area contributed by atoms with Crippen LogP contribution in [-0.2, 0) is 6.42 Å². The molecule has 0 atom stereocenters. The Hall–Kier alpha value is -5.02. The predicted octanol–water partition coefficient (Wildman–Crippen LogP) is 4.53. The number of nitrogens with two attached hydrogens (primary N) is 1. The number of ketones is 1. The van der Waals surface area contributed by atoms with Gasteiger partial charge in [-0.25, -0.2) is 0 Å². The van der Waals surface area contributed by atoms with Gasteiger partial charge in [-0.1, -0.05) is 18.2 Å². The van der Waals surface area contributed by atoms with Crippen molar-refractivity contribution in [2.75, 3.05) is 20.8 Å². The van der Waals surface area contributed by atoms with Gasteiger partial charge >= 0.3 is 0 Å². The van der Waals surface area contributed by atoms with Crippen molar-refractivity contribution in [2.45, 2.75) is 6.42 Å². The van der Waals surface area contributed by atoms with Crippen molar-refractivity contribution in [2.24, 2.45) is 5.73 Å². The van der Waals surface area contributed by atoms with Crippen LogP contribution in [0, 0.1) is 0 Å². The molecule has 1 heterocycles. The fraction of sp³-hybridized carbons (Fsp3) is 0.133. The zero-order valence-electron chi connectivity index (χ0n) is 21.4. The molecule has 5 N–H and O–H groups in total. The molecular weight excluding hydrogens is 500 g/mol. The van der Waals surface area contributed by atoms with Crippen molar-refractivity contribution in [3.8, 4) is 28.7 Å². The van der Waals surface area contributed by atoms with Crippen LogP contribution in [0.4, 0.5) is 0 Å². The molecule has 4 rings (SSSR count). The summed E-state index contributed by atoms with van der Waals surface area (Å²) < 4.78 is 11.6. The second-order valence-corrected chi connectivity index (χ2v) is 8.63. The number of fused-ring (bicyclic) bond motifs is 1. The Morgan fingerprint density at radius 1 is 0.846 bits per heavy atom. The van der Waals surface area contributed by atoms with Crippen LogP contribution in [0.1, 0.15) is 32.0 Å². The molecule has 0 fully saturated rings. The van der Waals surface area contributed by atoms with Gasteiger partial charge in [0.1, 0.15) is 11.4 Å². The van der Waals surface area contributed by atoms with Crippen LogP contribution in [0.3, 0.4) is 0 Å². The van der Waals surface area contributed by atoms with Crippen molar-refractivity contribution < 1.29 is 34.4 Å². The number of carbonyl (C=O) groups is 2. The van der Waals surface area contributed by atoms with Crippen LogP contribution in [-0.4, -0.2) is 52.3 Å². The van der Waals surface area contributed by atoms with E-state index >= 15 is 0 Å². The summed E-state index contributed by atoms with van der Waals surface area (Å²) in [7, 11) is 2.85. The highest BCUT2D eigenvalue weighted by Gasteiger charge is 2.24. The molecule has 200 valence electrons.